The van der Waals surface area contributed by atoms with Gasteiger partial charge in [-0.3, -0.25) is 9.52 Å². The van der Waals surface area contributed by atoms with Crippen LogP contribution in [-0.4, -0.2) is 35.9 Å². The zero-order valence-corrected chi connectivity index (χ0v) is 12.8. The number of benzene rings is 2. The Morgan fingerprint density at radius 2 is 1.65 bits per heavy atom. The van der Waals surface area contributed by atoms with E-state index in [-0.39, 0.29) is 28.4 Å². The van der Waals surface area contributed by atoms with E-state index in [2.05, 4.69) is 10.0 Å². The van der Waals surface area contributed by atoms with E-state index in [0.717, 1.165) is 12.3 Å². The summed E-state index contributed by atoms with van der Waals surface area (Å²) in [5.74, 6) is -1.73. The number of anilines is 2. The first kappa shape index (κ1) is 16.4. The van der Waals surface area contributed by atoms with Gasteiger partial charge >= 0.3 is 0 Å². The number of phenols is 3. The standard InChI is InChI=1S/C14H14N2O6S/c1-23(21,22)16-10-4-3-9(7-12(10)18)15-14(20)8-2-5-11(17)13(19)6-8/h2-7,16-19H,1H3,(H,15,20). The van der Waals surface area contributed by atoms with E-state index in [1.54, 1.807) is 0 Å². The topological polar surface area (TPSA) is 136 Å². The third-order valence-electron chi connectivity index (χ3n) is 2.79. The Labute approximate surface area is 132 Å². The summed E-state index contributed by atoms with van der Waals surface area (Å²) in [4.78, 5) is 12.0. The third-order valence-corrected chi connectivity index (χ3v) is 3.38. The molecule has 0 aliphatic rings. The van der Waals surface area contributed by atoms with Crippen LogP contribution in [0.4, 0.5) is 11.4 Å². The zero-order chi connectivity index (χ0) is 17.2. The van der Waals surface area contributed by atoms with E-state index in [9.17, 15) is 28.5 Å². The van der Waals surface area contributed by atoms with E-state index in [1.807, 2.05) is 0 Å². The van der Waals surface area contributed by atoms with Crippen molar-refractivity contribution in [3.63, 3.8) is 0 Å². The maximum absolute atomic E-state index is 12.0. The molecule has 2 aromatic carbocycles. The first-order valence-corrected chi connectivity index (χ1v) is 8.19. The minimum atomic E-state index is -3.54. The van der Waals surface area contributed by atoms with Crippen LogP contribution in [0.1, 0.15) is 10.4 Å². The molecule has 0 bridgehead atoms. The lowest BCUT2D eigenvalue weighted by atomic mass is 10.2. The number of phenolic OH excluding ortho intramolecular Hbond substituents is 3. The molecule has 0 fully saturated rings. The second kappa shape index (κ2) is 6.05. The highest BCUT2D eigenvalue weighted by molar-refractivity contribution is 7.92. The summed E-state index contributed by atoms with van der Waals surface area (Å²) in [7, 11) is -3.54. The highest BCUT2D eigenvalue weighted by Crippen LogP contribution is 2.28. The maximum atomic E-state index is 12.0. The van der Waals surface area contributed by atoms with Crippen LogP contribution in [0.5, 0.6) is 17.2 Å². The van der Waals surface area contributed by atoms with E-state index in [4.69, 9.17) is 0 Å². The molecule has 0 aliphatic heterocycles. The zero-order valence-electron chi connectivity index (χ0n) is 11.9. The number of carbonyl (C=O) groups is 1. The highest BCUT2D eigenvalue weighted by Gasteiger charge is 2.12. The van der Waals surface area contributed by atoms with Crippen molar-refractivity contribution in [2.45, 2.75) is 0 Å². The van der Waals surface area contributed by atoms with Gasteiger partial charge in [-0.2, -0.15) is 0 Å². The average molecular weight is 338 g/mol. The second-order valence-corrected chi connectivity index (χ2v) is 6.51. The monoisotopic (exact) mass is 338 g/mol. The molecule has 5 N–H and O–H groups in total. The average Bonchev–Trinajstić information content (AvgIpc) is 2.43. The quantitative estimate of drug-likeness (QED) is 0.535. The molecule has 2 rings (SSSR count). The summed E-state index contributed by atoms with van der Waals surface area (Å²) in [5.41, 5.74) is 0.296. The molecule has 1 amide bonds. The van der Waals surface area contributed by atoms with Gasteiger partial charge in [0.05, 0.1) is 11.9 Å². The largest absolute Gasteiger partial charge is 0.506 e. The molecule has 0 saturated heterocycles. The van der Waals surface area contributed by atoms with E-state index in [0.29, 0.717) is 0 Å². The molecule has 0 atom stereocenters. The molecular formula is C14H14N2O6S. The van der Waals surface area contributed by atoms with Gasteiger partial charge in [-0.1, -0.05) is 0 Å². The molecule has 0 saturated carbocycles. The van der Waals surface area contributed by atoms with Gasteiger partial charge in [0.1, 0.15) is 5.75 Å². The predicted octanol–water partition coefficient (Wildman–Crippen LogP) is 1.43. The van der Waals surface area contributed by atoms with Crippen LogP contribution in [0.25, 0.3) is 0 Å². The normalized spacial score (nSPS) is 11.0. The molecule has 0 heterocycles. The summed E-state index contributed by atoms with van der Waals surface area (Å²) in [5, 5.41) is 30.8. The third kappa shape index (κ3) is 4.27. The van der Waals surface area contributed by atoms with Gasteiger partial charge in [-0.25, -0.2) is 8.42 Å². The van der Waals surface area contributed by atoms with Crippen LogP contribution >= 0.6 is 0 Å². The first-order valence-electron chi connectivity index (χ1n) is 6.30. The molecular weight excluding hydrogens is 324 g/mol. The van der Waals surface area contributed by atoms with Crippen molar-refractivity contribution < 1.29 is 28.5 Å². The number of hydrogen-bond donors (Lipinski definition) is 5. The number of carbonyl (C=O) groups excluding carboxylic acids is 1. The number of rotatable bonds is 4. The van der Waals surface area contributed by atoms with Gasteiger partial charge in [0.25, 0.3) is 5.91 Å². The Kier molecular flexibility index (Phi) is 4.32. The van der Waals surface area contributed by atoms with Crippen LogP contribution < -0.4 is 10.0 Å². The van der Waals surface area contributed by atoms with Gasteiger partial charge in [0.15, 0.2) is 11.5 Å². The van der Waals surface area contributed by atoms with Crippen molar-refractivity contribution in [3.8, 4) is 17.2 Å². The molecule has 2 aromatic rings. The van der Waals surface area contributed by atoms with Crippen LogP contribution in [0.3, 0.4) is 0 Å². The van der Waals surface area contributed by atoms with Gasteiger partial charge in [0, 0.05) is 17.3 Å². The van der Waals surface area contributed by atoms with Gasteiger partial charge in [-0.15, -0.1) is 0 Å². The lowest BCUT2D eigenvalue weighted by molar-refractivity contribution is 0.102. The number of amides is 1. The molecule has 0 unspecified atom stereocenters. The lowest BCUT2D eigenvalue weighted by Gasteiger charge is -2.10. The van der Waals surface area contributed by atoms with Gasteiger partial charge in [0.2, 0.25) is 10.0 Å². The Bertz CT molecular complexity index is 864. The fourth-order valence-corrected chi connectivity index (χ4v) is 2.34. The second-order valence-electron chi connectivity index (χ2n) is 4.76. The SMILES string of the molecule is CS(=O)(=O)Nc1ccc(NC(=O)c2ccc(O)c(O)c2)cc1O. The fraction of sp³-hybridized carbons (Fsp3) is 0.0714. The van der Waals surface area contributed by atoms with Crippen molar-refractivity contribution in [3.05, 3.63) is 42.0 Å². The fourth-order valence-electron chi connectivity index (χ4n) is 1.76. The number of hydrogen-bond acceptors (Lipinski definition) is 6. The highest BCUT2D eigenvalue weighted by atomic mass is 32.2. The molecule has 0 spiro atoms. The van der Waals surface area contributed by atoms with Gasteiger partial charge in [-0.05, 0) is 30.3 Å². The van der Waals surface area contributed by atoms with Crippen LogP contribution in [-0.2, 0) is 10.0 Å². The minimum absolute atomic E-state index is 0.0206. The summed E-state index contributed by atoms with van der Waals surface area (Å²) >= 11 is 0. The Morgan fingerprint density at radius 3 is 2.22 bits per heavy atom. The maximum Gasteiger partial charge on any atom is 0.255 e. The molecule has 0 aromatic heterocycles. The van der Waals surface area contributed by atoms with Crippen LogP contribution in [0, 0.1) is 0 Å². The lowest BCUT2D eigenvalue weighted by Crippen LogP contribution is -2.12. The smallest absolute Gasteiger partial charge is 0.255 e. The van der Waals surface area contributed by atoms with E-state index in [1.165, 1.54) is 30.3 Å². The van der Waals surface area contributed by atoms with E-state index < -0.39 is 21.7 Å². The molecule has 0 radical (unpaired) electrons. The van der Waals surface area contributed by atoms with Crippen molar-refractivity contribution in [1.82, 2.24) is 0 Å². The minimum Gasteiger partial charge on any atom is -0.506 e. The summed E-state index contributed by atoms with van der Waals surface area (Å²) in [6.45, 7) is 0. The molecule has 0 aliphatic carbocycles. The summed E-state index contributed by atoms with van der Waals surface area (Å²) in [6.07, 6.45) is 0.944. The molecule has 23 heavy (non-hydrogen) atoms. The molecule has 122 valence electrons. The first-order chi connectivity index (χ1) is 10.7. The number of aromatic hydroxyl groups is 3. The van der Waals surface area contributed by atoms with Crippen LogP contribution in [0.15, 0.2) is 36.4 Å². The number of sulfonamides is 1. The molecule has 8 nitrogen and oxygen atoms in total. The van der Waals surface area contributed by atoms with Gasteiger partial charge < -0.3 is 20.6 Å². The Morgan fingerprint density at radius 1 is 0.957 bits per heavy atom. The Balaban J connectivity index is 2.18. The summed E-state index contributed by atoms with van der Waals surface area (Å²) < 4.78 is 24.4. The van der Waals surface area contributed by atoms with Crippen molar-refractivity contribution in [2.75, 3.05) is 16.3 Å². The van der Waals surface area contributed by atoms with Crippen molar-refractivity contribution in [1.29, 1.82) is 0 Å². The van der Waals surface area contributed by atoms with E-state index >= 15 is 0 Å². The summed E-state index contributed by atoms with van der Waals surface area (Å²) in [6, 6.07) is 7.42. The molecule has 9 heteroatoms. The Hall–Kier alpha value is -2.94. The predicted molar refractivity (Wildman–Crippen MR) is 84.3 cm³/mol. The van der Waals surface area contributed by atoms with Crippen molar-refractivity contribution in [2.24, 2.45) is 0 Å². The number of nitrogens with one attached hydrogen (secondary N) is 2. The van der Waals surface area contributed by atoms with Crippen molar-refractivity contribution >= 4 is 27.3 Å². The van der Waals surface area contributed by atoms with Crippen LogP contribution in [0.2, 0.25) is 0 Å².